The number of ether oxygens (including phenoxy) is 1. The average Bonchev–Trinajstić information content (AvgIpc) is 3.24. The Bertz CT molecular complexity index is 309. The van der Waals surface area contributed by atoms with Crippen LogP contribution >= 0.6 is 0 Å². The molecule has 1 atom stereocenters. The minimum atomic E-state index is 0.508. The Morgan fingerprint density at radius 2 is 2.00 bits per heavy atom. The van der Waals surface area contributed by atoms with E-state index in [0.29, 0.717) is 18.0 Å². The highest BCUT2D eigenvalue weighted by Crippen LogP contribution is 2.18. The van der Waals surface area contributed by atoms with Crippen molar-refractivity contribution in [3.63, 3.8) is 0 Å². The van der Waals surface area contributed by atoms with Gasteiger partial charge in [0.15, 0.2) is 5.96 Å². The second-order valence-corrected chi connectivity index (χ2v) is 6.10. The molecule has 0 spiro atoms. The number of hydrogen-bond acceptors (Lipinski definition) is 3. The Kier molecular flexibility index (Phi) is 6.10. The van der Waals surface area contributed by atoms with Gasteiger partial charge in [-0.1, -0.05) is 13.8 Å². The number of morpholine rings is 1. The van der Waals surface area contributed by atoms with Crippen LogP contribution < -0.4 is 10.6 Å². The summed E-state index contributed by atoms with van der Waals surface area (Å²) >= 11 is 0. The van der Waals surface area contributed by atoms with E-state index in [1.165, 1.54) is 12.8 Å². The first-order valence-corrected chi connectivity index (χ1v) is 8.07. The summed E-state index contributed by atoms with van der Waals surface area (Å²) < 4.78 is 5.45. The van der Waals surface area contributed by atoms with Crippen LogP contribution in [0.3, 0.4) is 0 Å². The van der Waals surface area contributed by atoms with E-state index in [9.17, 15) is 0 Å². The van der Waals surface area contributed by atoms with Crippen molar-refractivity contribution >= 4 is 5.96 Å². The number of guanidine groups is 1. The molecule has 1 saturated heterocycles. The van der Waals surface area contributed by atoms with Crippen LogP contribution in [0.4, 0.5) is 0 Å². The summed E-state index contributed by atoms with van der Waals surface area (Å²) in [6, 6.07) is 1.15. The molecule has 20 heavy (non-hydrogen) atoms. The standard InChI is InChI=1S/C15H30N4O/c1-4-16-15(18-13-5-6-13)17-11-14(12(2)3)19-7-9-20-10-8-19/h12-14H,4-11H2,1-3H3,(H2,16,17,18). The van der Waals surface area contributed by atoms with Gasteiger partial charge in [0.25, 0.3) is 0 Å². The van der Waals surface area contributed by atoms with Crippen molar-refractivity contribution in [1.29, 1.82) is 0 Å². The fraction of sp³-hybridized carbons (Fsp3) is 0.933. The second kappa shape index (κ2) is 7.84. The molecule has 2 N–H and O–H groups in total. The van der Waals surface area contributed by atoms with Gasteiger partial charge >= 0.3 is 0 Å². The van der Waals surface area contributed by atoms with Crippen molar-refractivity contribution in [2.75, 3.05) is 39.4 Å². The lowest BCUT2D eigenvalue weighted by molar-refractivity contribution is 0.00867. The molecule has 0 aromatic rings. The van der Waals surface area contributed by atoms with Gasteiger partial charge in [-0.05, 0) is 25.7 Å². The van der Waals surface area contributed by atoms with Gasteiger partial charge in [-0.2, -0.15) is 0 Å². The first-order chi connectivity index (χ1) is 9.70. The van der Waals surface area contributed by atoms with Crippen LogP contribution in [-0.4, -0.2) is 62.3 Å². The third-order valence-electron chi connectivity index (χ3n) is 3.98. The van der Waals surface area contributed by atoms with Crippen LogP contribution in [0, 0.1) is 5.92 Å². The molecule has 116 valence electrons. The van der Waals surface area contributed by atoms with Gasteiger partial charge in [0.05, 0.1) is 19.8 Å². The maximum atomic E-state index is 5.45. The summed E-state index contributed by atoms with van der Waals surface area (Å²) in [5.74, 6) is 1.59. The van der Waals surface area contributed by atoms with Gasteiger partial charge in [-0.25, -0.2) is 0 Å². The maximum Gasteiger partial charge on any atom is 0.191 e. The molecule has 1 aliphatic carbocycles. The fourth-order valence-electron chi connectivity index (χ4n) is 2.58. The van der Waals surface area contributed by atoms with E-state index in [4.69, 9.17) is 9.73 Å². The van der Waals surface area contributed by atoms with E-state index in [0.717, 1.165) is 45.4 Å². The Balaban J connectivity index is 1.90. The first-order valence-electron chi connectivity index (χ1n) is 8.07. The summed E-state index contributed by atoms with van der Waals surface area (Å²) in [6.45, 7) is 12.2. The largest absolute Gasteiger partial charge is 0.379 e. The van der Waals surface area contributed by atoms with Crippen molar-refractivity contribution in [3.8, 4) is 0 Å². The smallest absolute Gasteiger partial charge is 0.191 e. The zero-order chi connectivity index (χ0) is 14.4. The molecule has 2 rings (SSSR count). The number of nitrogens with zero attached hydrogens (tertiary/aromatic N) is 2. The molecule has 2 aliphatic rings. The molecule has 5 nitrogen and oxygen atoms in total. The monoisotopic (exact) mass is 282 g/mol. The van der Waals surface area contributed by atoms with Crippen molar-refractivity contribution in [1.82, 2.24) is 15.5 Å². The highest BCUT2D eigenvalue weighted by Gasteiger charge is 2.25. The number of hydrogen-bond donors (Lipinski definition) is 2. The summed E-state index contributed by atoms with van der Waals surface area (Å²) in [4.78, 5) is 7.33. The summed E-state index contributed by atoms with van der Waals surface area (Å²) in [7, 11) is 0. The number of aliphatic imine (C=N–C) groups is 1. The van der Waals surface area contributed by atoms with Crippen LogP contribution in [0.25, 0.3) is 0 Å². The minimum Gasteiger partial charge on any atom is -0.379 e. The average molecular weight is 282 g/mol. The van der Waals surface area contributed by atoms with Crippen molar-refractivity contribution in [2.24, 2.45) is 10.9 Å². The third-order valence-corrected chi connectivity index (χ3v) is 3.98. The second-order valence-electron chi connectivity index (χ2n) is 6.10. The summed E-state index contributed by atoms with van der Waals surface area (Å²) in [6.07, 6.45) is 2.56. The molecule has 2 fully saturated rings. The molecule has 5 heteroatoms. The highest BCUT2D eigenvalue weighted by molar-refractivity contribution is 5.80. The zero-order valence-corrected chi connectivity index (χ0v) is 13.2. The summed E-state index contributed by atoms with van der Waals surface area (Å²) in [5.41, 5.74) is 0. The lowest BCUT2D eigenvalue weighted by Crippen LogP contribution is -2.48. The lowest BCUT2D eigenvalue weighted by Gasteiger charge is -2.36. The van der Waals surface area contributed by atoms with Crippen LogP contribution in [0.15, 0.2) is 4.99 Å². The zero-order valence-electron chi connectivity index (χ0n) is 13.2. The molecule has 0 aromatic heterocycles. The number of nitrogens with one attached hydrogen (secondary N) is 2. The molecule has 1 heterocycles. The van der Waals surface area contributed by atoms with E-state index < -0.39 is 0 Å². The molecular formula is C15H30N4O. The Morgan fingerprint density at radius 3 is 2.55 bits per heavy atom. The predicted molar refractivity (Wildman–Crippen MR) is 83.2 cm³/mol. The van der Waals surface area contributed by atoms with Gasteiger partial charge < -0.3 is 15.4 Å². The van der Waals surface area contributed by atoms with Gasteiger partial charge in [-0.3, -0.25) is 9.89 Å². The fourth-order valence-corrected chi connectivity index (χ4v) is 2.58. The summed E-state index contributed by atoms with van der Waals surface area (Å²) in [5, 5.41) is 6.83. The Labute approximate surface area is 123 Å². The van der Waals surface area contributed by atoms with E-state index in [1.807, 2.05) is 0 Å². The van der Waals surface area contributed by atoms with Crippen LogP contribution in [0.1, 0.15) is 33.6 Å². The Hall–Kier alpha value is -0.810. The van der Waals surface area contributed by atoms with Gasteiger partial charge in [0.2, 0.25) is 0 Å². The predicted octanol–water partition coefficient (Wildman–Crippen LogP) is 1.06. The Morgan fingerprint density at radius 1 is 1.30 bits per heavy atom. The van der Waals surface area contributed by atoms with Crippen molar-refractivity contribution in [2.45, 2.75) is 45.7 Å². The molecule has 0 amide bonds. The van der Waals surface area contributed by atoms with Crippen LogP contribution in [-0.2, 0) is 4.74 Å². The third kappa shape index (κ3) is 4.94. The first kappa shape index (κ1) is 15.6. The van der Waals surface area contributed by atoms with E-state index in [-0.39, 0.29) is 0 Å². The van der Waals surface area contributed by atoms with Crippen molar-refractivity contribution in [3.05, 3.63) is 0 Å². The van der Waals surface area contributed by atoms with Gasteiger partial charge in [-0.15, -0.1) is 0 Å². The van der Waals surface area contributed by atoms with E-state index in [1.54, 1.807) is 0 Å². The SMILES string of the molecule is CCNC(=NCC(C(C)C)N1CCOCC1)NC1CC1. The highest BCUT2D eigenvalue weighted by atomic mass is 16.5. The van der Waals surface area contributed by atoms with Crippen LogP contribution in [0.5, 0.6) is 0 Å². The van der Waals surface area contributed by atoms with E-state index >= 15 is 0 Å². The molecule has 1 unspecified atom stereocenters. The van der Waals surface area contributed by atoms with E-state index in [2.05, 4.69) is 36.3 Å². The minimum absolute atomic E-state index is 0.508. The maximum absolute atomic E-state index is 5.45. The normalized spacial score (nSPS) is 22.9. The quantitative estimate of drug-likeness (QED) is 0.565. The van der Waals surface area contributed by atoms with Crippen molar-refractivity contribution < 1.29 is 4.74 Å². The molecular weight excluding hydrogens is 252 g/mol. The molecule has 0 radical (unpaired) electrons. The molecule has 1 saturated carbocycles. The molecule has 1 aliphatic heterocycles. The van der Waals surface area contributed by atoms with Gasteiger partial charge in [0, 0.05) is 31.7 Å². The molecule has 0 bridgehead atoms. The van der Waals surface area contributed by atoms with Gasteiger partial charge in [0.1, 0.15) is 0 Å². The lowest BCUT2D eigenvalue weighted by atomic mass is 10.0. The molecule has 0 aromatic carbocycles. The van der Waals surface area contributed by atoms with Crippen LogP contribution in [0.2, 0.25) is 0 Å². The topological polar surface area (TPSA) is 48.9 Å². The number of rotatable bonds is 6.